The van der Waals surface area contributed by atoms with E-state index in [1.165, 1.54) is 0 Å². The first-order valence-electron chi connectivity index (χ1n) is 9.16. The van der Waals surface area contributed by atoms with Crippen LogP contribution in [0.15, 0.2) is 23.1 Å². The Hall–Kier alpha value is -1.62. The molecule has 0 spiro atoms. The highest BCUT2D eigenvalue weighted by Crippen LogP contribution is 2.26. The molecule has 0 aromatic heterocycles. The first-order valence-corrected chi connectivity index (χ1v) is 10.6. The van der Waals surface area contributed by atoms with E-state index >= 15 is 0 Å². The van der Waals surface area contributed by atoms with Gasteiger partial charge in [-0.25, -0.2) is 17.2 Å². The standard InChI is InChI=1S/C18H26F2N2O5S/c1-26-11-12-27-10-2-7-21-18(23)14-5-8-22(9-6-14)28(24,25)17-13-15(19)3-4-16(17)20/h3-4,13-14H,2,5-12H2,1H3,(H,21,23). The lowest BCUT2D eigenvalue weighted by Crippen LogP contribution is -2.43. The smallest absolute Gasteiger partial charge is 0.246 e. The molecule has 1 heterocycles. The van der Waals surface area contributed by atoms with Gasteiger partial charge in [-0.05, 0) is 37.5 Å². The molecular weight excluding hydrogens is 394 g/mol. The number of piperidine rings is 1. The molecule has 0 unspecified atom stereocenters. The van der Waals surface area contributed by atoms with Gasteiger partial charge in [-0.15, -0.1) is 0 Å². The summed E-state index contributed by atoms with van der Waals surface area (Å²) in [6.07, 6.45) is 1.32. The van der Waals surface area contributed by atoms with Crippen molar-refractivity contribution in [2.45, 2.75) is 24.2 Å². The second-order valence-electron chi connectivity index (χ2n) is 6.50. The van der Waals surface area contributed by atoms with Crippen molar-refractivity contribution in [1.82, 2.24) is 9.62 Å². The van der Waals surface area contributed by atoms with Gasteiger partial charge in [0.25, 0.3) is 0 Å². The van der Waals surface area contributed by atoms with Crippen LogP contribution in [0, 0.1) is 17.6 Å². The Bertz CT molecular complexity index is 752. The number of carbonyl (C=O) groups excluding carboxylic acids is 1. The summed E-state index contributed by atoms with van der Waals surface area (Å²) in [7, 11) is -2.54. The highest BCUT2D eigenvalue weighted by molar-refractivity contribution is 7.89. The summed E-state index contributed by atoms with van der Waals surface area (Å²) in [5.74, 6) is -2.25. The summed E-state index contributed by atoms with van der Waals surface area (Å²) in [4.78, 5) is 11.5. The number of nitrogens with zero attached hydrogens (tertiary/aromatic N) is 1. The van der Waals surface area contributed by atoms with E-state index in [9.17, 15) is 22.0 Å². The SMILES string of the molecule is COCCOCCCNC(=O)C1CCN(S(=O)(=O)c2cc(F)ccc2F)CC1. The third-order valence-electron chi connectivity index (χ3n) is 4.53. The molecule has 10 heteroatoms. The molecule has 1 aromatic carbocycles. The van der Waals surface area contributed by atoms with Crippen LogP contribution in [0.5, 0.6) is 0 Å². The minimum absolute atomic E-state index is 0.0799. The first kappa shape index (κ1) is 22.7. The summed E-state index contributed by atoms with van der Waals surface area (Å²) < 4.78 is 63.5. The van der Waals surface area contributed by atoms with Crippen molar-refractivity contribution >= 4 is 15.9 Å². The monoisotopic (exact) mass is 420 g/mol. The van der Waals surface area contributed by atoms with Crippen molar-refractivity contribution in [1.29, 1.82) is 0 Å². The van der Waals surface area contributed by atoms with Gasteiger partial charge < -0.3 is 14.8 Å². The molecule has 1 aliphatic heterocycles. The Morgan fingerprint density at radius 3 is 2.61 bits per heavy atom. The Balaban J connectivity index is 1.79. The third-order valence-corrected chi connectivity index (χ3v) is 6.45. The van der Waals surface area contributed by atoms with Gasteiger partial charge in [-0.2, -0.15) is 4.31 Å². The third kappa shape index (κ3) is 6.20. The number of amides is 1. The largest absolute Gasteiger partial charge is 0.382 e. The number of rotatable bonds is 10. The zero-order valence-corrected chi connectivity index (χ0v) is 16.6. The van der Waals surface area contributed by atoms with Crippen molar-refractivity contribution in [3.05, 3.63) is 29.8 Å². The summed E-state index contributed by atoms with van der Waals surface area (Å²) >= 11 is 0. The van der Waals surface area contributed by atoms with Crippen LogP contribution in [0.2, 0.25) is 0 Å². The Kier molecular flexibility index (Phi) is 8.74. The molecule has 1 amide bonds. The number of hydrogen-bond acceptors (Lipinski definition) is 5. The average molecular weight is 420 g/mol. The molecule has 1 aliphatic rings. The quantitative estimate of drug-likeness (QED) is 0.581. The number of sulfonamides is 1. The molecule has 0 saturated carbocycles. The predicted octanol–water partition coefficient (Wildman–Crippen LogP) is 1.53. The fourth-order valence-corrected chi connectivity index (χ4v) is 4.49. The van der Waals surface area contributed by atoms with Crippen molar-refractivity contribution < 1.29 is 31.5 Å². The van der Waals surface area contributed by atoms with Crippen LogP contribution in [0.1, 0.15) is 19.3 Å². The van der Waals surface area contributed by atoms with E-state index in [1.54, 1.807) is 7.11 Å². The summed E-state index contributed by atoms with van der Waals surface area (Å²) in [5.41, 5.74) is 0. The second kappa shape index (κ2) is 10.8. The molecule has 1 N–H and O–H groups in total. The highest BCUT2D eigenvalue weighted by atomic mass is 32.2. The van der Waals surface area contributed by atoms with E-state index in [0.717, 1.165) is 16.4 Å². The highest BCUT2D eigenvalue weighted by Gasteiger charge is 2.33. The van der Waals surface area contributed by atoms with Crippen LogP contribution in [0.3, 0.4) is 0 Å². The Labute approximate surface area is 164 Å². The molecule has 0 bridgehead atoms. The van der Waals surface area contributed by atoms with Crippen LogP contribution in [-0.2, 0) is 24.3 Å². The van der Waals surface area contributed by atoms with Gasteiger partial charge in [0.2, 0.25) is 15.9 Å². The lowest BCUT2D eigenvalue weighted by Gasteiger charge is -2.30. The van der Waals surface area contributed by atoms with E-state index in [2.05, 4.69) is 5.32 Å². The van der Waals surface area contributed by atoms with Gasteiger partial charge >= 0.3 is 0 Å². The van der Waals surface area contributed by atoms with Gasteiger partial charge in [0.05, 0.1) is 13.2 Å². The molecule has 158 valence electrons. The predicted molar refractivity (Wildman–Crippen MR) is 98.2 cm³/mol. The van der Waals surface area contributed by atoms with Crippen LogP contribution < -0.4 is 5.32 Å². The van der Waals surface area contributed by atoms with E-state index in [0.29, 0.717) is 51.7 Å². The van der Waals surface area contributed by atoms with Crippen LogP contribution in [-0.4, -0.2) is 65.2 Å². The minimum atomic E-state index is -4.14. The lowest BCUT2D eigenvalue weighted by atomic mass is 9.97. The fourth-order valence-electron chi connectivity index (χ4n) is 2.95. The number of methoxy groups -OCH3 is 1. The maximum Gasteiger partial charge on any atom is 0.246 e. The van der Waals surface area contributed by atoms with Crippen molar-refractivity contribution in [2.75, 3.05) is 46.6 Å². The molecule has 0 atom stereocenters. The number of benzene rings is 1. The van der Waals surface area contributed by atoms with E-state index in [1.807, 2.05) is 0 Å². The van der Waals surface area contributed by atoms with Gasteiger partial charge in [0.15, 0.2) is 0 Å². The van der Waals surface area contributed by atoms with Crippen LogP contribution in [0.4, 0.5) is 8.78 Å². The molecule has 1 aromatic rings. The number of halogens is 2. The van der Waals surface area contributed by atoms with E-state index in [4.69, 9.17) is 9.47 Å². The van der Waals surface area contributed by atoms with Crippen LogP contribution in [0.25, 0.3) is 0 Å². The normalized spacial score (nSPS) is 16.2. The van der Waals surface area contributed by atoms with Gasteiger partial charge in [0, 0.05) is 39.3 Å². The Morgan fingerprint density at radius 1 is 1.21 bits per heavy atom. The zero-order chi connectivity index (χ0) is 20.6. The molecule has 1 saturated heterocycles. The maximum atomic E-state index is 13.8. The Morgan fingerprint density at radius 2 is 1.93 bits per heavy atom. The van der Waals surface area contributed by atoms with E-state index < -0.39 is 26.6 Å². The summed E-state index contributed by atoms with van der Waals surface area (Å²) in [6.45, 7) is 2.17. The van der Waals surface area contributed by atoms with Crippen molar-refractivity contribution in [2.24, 2.45) is 5.92 Å². The summed E-state index contributed by atoms with van der Waals surface area (Å²) in [6, 6.07) is 2.34. The average Bonchev–Trinajstić information content (AvgIpc) is 2.69. The molecule has 0 radical (unpaired) electrons. The molecule has 0 aliphatic carbocycles. The molecule has 7 nitrogen and oxygen atoms in total. The van der Waals surface area contributed by atoms with Crippen molar-refractivity contribution in [3.63, 3.8) is 0 Å². The number of ether oxygens (including phenoxy) is 2. The fraction of sp³-hybridized carbons (Fsp3) is 0.611. The topological polar surface area (TPSA) is 84.9 Å². The number of carbonyl (C=O) groups is 1. The lowest BCUT2D eigenvalue weighted by molar-refractivity contribution is -0.126. The second-order valence-corrected chi connectivity index (χ2v) is 8.41. The maximum absolute atomic E-state index is 13.8. The molecular formula is C18H26F2N2O5S. The van der Waals surface area contributed by atoms with Gasteiger partial charge in [-0.3, -0.25) is 4.79 Å². The molecule has 1 fully saturated rings. The number of nitrogens with one attached hydrogen (secondary N) is 1. The van der Waals surface area contributed by atoms with Crippen molar-refractivity contribution in [3.8, 4) is 0 Å². The zero-order valence-electron chi connectivity index (χ0n) is 15.8. The molecule has 2 rings (SSSR count). The van der Waals surface area contributed by atoms with E-state index in [-0.39, 0.29) is 24.9 Å². The first-order chi connectivity index (χ1) is 13.4. The number of hydrogen-bond donors (Lipinski definition) is 1. The van der Waals surface area contributed by atoms with Gasteiger partial charge in [0.1, 0.15) is 16.5 Å². The van der Waals surface area contributed by atoms with Gasteiger partial charge in [-0.1, -0.05) is 0 Å². The summed E-state index contributed by atoms with van der Waals surface area (Å²) in [5, 5.41) is 2.82. The van der Waals surface area contributed by atoms with Crippen LogP contribution >= 0.6 is 0 Å². The molecule has 28 heavy (non-hydrogen) atoms. The minimum Gasteiger partial charge on any atom is -0.382 e.